The van der Waals surface area contributed by atoms with Gasteiger partial charge in [-0.15, -0.1) is 0 Å². The second-order valence-electron chi connectivity index (χ2n) is 6.23. The number of benzene rings is 1. The summed E-state index contributed by atoms with van der Waals surface area (Å²) >= 11 is 0. The maximum Gasteiger partial charge on any atom is 0.0898 e. The van der Waals surface area contributed by atoms with Crippen LogP contribution in [0.3, 0.4) is 0 Å². The fourth-order valence-corrected chi connectivity index (χ4v) is 3.03. The van der Waals surface area contributed by atoms with Crippen molar-refractivity contribution in [3.8, 4) is 0 Å². The molecule has 1 aliphatic rings. The summed E-state index contributed by atoms with van der Waals surface area (Å²) in [5, 5.41) is 13.5. The van der Waals surface area contributed by atoms with Gasteiger partial charge in [0.15, 0.2) is 0 Å². The third-order valence-corrected chi connectivity index (χ3v) is 4.39. The van der Waals surface area contributed by atoms with E-state index in [9.17, 15) is 5.11 Å². The molecule has 0 heterocycles. The molecule has 0 spiro atoms. The Kier molecular flexibility index (Phi) is 6.68. The van der Waals surface area contributed by atoms with Gasteiger partial charge in [0.25, 0.3) is 0 Å². The lowest BCUT2D eigenvalue weighted by Gasteiger charge is -2.24. The first-order valence-corrected chi connectivity index (χ1v) is 8.25. The highest BCUT2D eigenvalue weighted by Crippen LogP contribution is 2.20. The highest BCUT2D eigenvalue weighted by molar-refractivity contribution is 5.28. The van der Waals surface area contributed by atoms with Gasteiger partial charge in [0, 0.05) is 12.6 Å². The van der Waals surface area contributed by atoms with E-state index in [-0.39, 0.29) is 6.04 Å². The third kappa shape index (κ3) is 5.42. The van der Waals surface area contributed by atoms with Crippen LogP contribution >= 0.6 is 0 Å². The van der Waals surface area contributed by atoms with E-state index >= 15 is 0 Å². The molecule has 1 unspecified atom stereocenters. The van der Waals surface area contributed by atoms with Crippen LogP contribution in [0.4, 0.5) is 0 Å². The van der Waals surface area contributed by atoms with E-state index < -0.39 is 6.10 Å². The van der Waals surface area contributed by atoms with Crippen molar-refractivity contribution >= 4 is 0 Å². The van der Waals surface area contributed by atoms with Crippen LogP contribution in [0.15, 0.2) is 24.3 Å². The molecule has 2 atom stereocenters. The average molecular weight is 291 g/mol. The van der Waals surface area contributed by atoms with Gasteiger partial charge in [-0.05, 0) is 37.8 Å². The predicted octanol–water partition coefficient (Wildman–Crippen LogP) is 3.36. The molecule has 0 aromatic heterocycles. The SMILES string of the molecule is Cc1ccccc1[C@@H](C)NCC(O)COC1CCCCC1. The fourth-order valence-electron chi connectivity index (χ4n) is 3.03. The quantitative estimate of drug-likeness (QED) is 0.809. The Balaban J connectivity index is 1.68. The maximum absolute atomic E-state index is 10.1. The van der Waals surface area contributed by atoms with Gasteiger partial charge in [0.05, 0.1) is 18.8 Å². The Labute approximate surface area is 128 Å². The van der Waals surface area contributed by atoms with Crippen LogP contribution in [-0.2, 0) is 4.74 Å². The second-order valence-corrected chi connectivity index (χ2v) is 6.23. The summed E-state index contributed by atoms with van der Waals surface area (Å²) in [6.07, 6.45) is 6.10. The van der Waals surface area contributed by atoms with Crippen molar-refractivity contribution in [1.82, 2.24) is 5.32 Å². The molecule has 1 saturated carbocycles. The van der Waals surface area contributed by atoms with E-state index in [0.29, 0.717) is 19.3 Å². The van der Waals surface area contributed by atoms with Crippen LogP contribution in [0, 0.1) is 6.92 Å². The molecule has 21 heavy (non-hydrogen) atoms. The normalized spacial score (nSPS) is 19.4. The highest BCUT2D eigenvalue weighted by Gasteiger charge is 2.16. The molecule has 1 aromatic carbocycles. The van der Waals surface area contributed by atoms with E-state index in [4.69, 9.17) is 4.74 Å². The number of rotatable bonds is 7. The van der Waals surface area contributed by atoms with Crippen molar-refractivity contribution in [2.75, 3.05) is 13.2 Å². The highest BCUT2D eigenvalue weighted by atomic mass is 16.5. The minimum absolute atomic E-state index is 0.246. The Morgan fingerprint density at radius 3 is 2.67 bits per heavy atom. The first kappa shape index (κ1) is 16.5. The molecule has 1 aliphatic carbocycles. The van der Waals surface area contributed by atoms with Crippen molar-refractivity contribution in [3.63, 3.8) is 0 Å². The Morgan fingerprint density at radius 2 is 1.95 bits per heavy atom. The first-order valence-electron chi connectivity index (χ1n) is 8.25. The smallest absolute Gasteiger partial charge is 0.0898 e. The van der Waals surface area contributed by atoms with Gasteiger partial charge in [0.2, 0.25) is 0 Å². The first-order chi connectivity index (χ1) is 10.2. The van der Waals surface area contributed by atoms with Gasteiger partial charge >= 0.3 is 0 Å². The number of aliphatic hydroxyl groups is 1. The van der Waals surface area contributed by atoms with Gasteiger partial charge in [-0.3, -0.25) is 0 Å². The summed E-state index contributed by atoms with van der Waals surface area (Å²) in [5.74, 6) is 0. The van der Waals surface area contributed by atoms with Crippen molar-refractivity contribution in [3.05, 3.63) is 35.4 Å². The zero-order valence-electron chi connectivity index (χ0n) is 13.3. The third-order valence-electron chi connectivity index (χ3n) is 4.39. The zero-order chi connectivity index (χ0) is 15.1. The molecule has 2 rings (SSSR count). The van der Waals surface area contributed by atoms with E-state index in [1.807, 2.05) is 0 Å². The number of hydrogen-bond acceptors (Lipinski definition) is 3. The van der Waals surface area contributed by atoms with Crippen molar-refractivity contribution in [2.24, 2.45) is 0 Å². The molecule has 3 nitrogen and oxygen atoms in total. The zero-order valence-corrected chi connectivity index (χ0v) is 13.3. The van der Waals surface area contributed by atoms with Crippen LogP contribution < -0.4 is 5.32 Å². The molecule has 0 amide bonds. The lowest BCUT2D eigenvalue weighted by molar-refractivity contribution is -0.0235. The summed E-state index contributed by atoms with van der Waals surface area (Å²) in [7, 11) is 0. The minimum Gasteiger partial charge on any atom is -0.389 e. The molecular formula is C18H29NO2. The molecule has 0 aliphatic heterocycles. The Bertz CT molecular complexity index is 415. The number of ether oxygens (including phenoxy) is 1. The van der Waals surface area contributed by atoms with Crippen LogP contribution in [0.25, 0.3) is 0 Å². The van der Waals surface area contributed by atoms with Crippen molar-refractivity contribution in [2.45, 2.75) is 64.2 Å². The topological polar surface area (TPSA) is 41.5 Å². The number of aryl methyl sites for hydroxylation is 1. The van der Waals surface area contributed by atoms with Crippen LogP contribution in [0.1, 0.15) is 56.2 Å². The van der Waals surface area contributed by atoms with Crippen molar-refractivity contribution < 1.29 is 9.84 Å². The minimum atomic E-state index is -0.432. The van der Waals surface area contributed by atoms with E-state index in [1.54, 1.807) is 0 Å². The second kappa shape index (κ2) is 8.52. The molecule has 3 heteroatoms. The Hall–Kier alpha value is -0.900. The largest absolute Gasteiger partial charge is 0.389 e. The summed E-state index contributed by atoms with van der Waals surface area (Å²) in [6.45, 7) is 5.27. The monoisotopic (exact) mass is 291 g/mol. The summed E-state index contributed by atoms with van der Waals surface area (Å²) in [6, 6.07) is 8.62. The lowest BCUT2D eigenvalue weighted by Crippen LogP contribution is -2.34. The molecule has 0 radical (unpaired) electrons. The van der Waals surface area contributed by atoms with E-state index in [2.05, 4.69) is 43.4 Å². The molecule has 0 saturated heterocycles. The molecule has 1 aromatic rings. The Morgan fingerprint density at radius 1 is 1.24 bits per heavy atom. The number of hydrogen-bond donors (Lipinski definition) is 2. The van der Waals surface area contributed by atoms with Crippen molar-refractivity contribution in [1.29, 1.82) is 0 Å². The average Bonchev–Trinajstić information content (AvgIpc) is 2.52. The van der Waals surface area contributed by atoms with Gasteiger partial charge in [-0.1, -0.05) is 43.5 Å². The van der Waals surface area contributed by atoms with Gasteiger partial charge in [0.1, 0.15) is 0 Å². The molecular weight excluding hydrogens is 262 g/mol. The predicted molar refractivity (Wildman–Crippen MR) is 86.4 cm³/mol. The summed E-state index contributed by atoms with van der Waals surface area (Å²) in [4.78, 5) is 0. The fraction of sp³-hybridized carbons (Fsp3) is 0.667. The standard InChI is InChI=1S/C18H29NO2/c1-14-8-6-7-11-18(14)15(2)19-12-16(20)13-21-17-9-4-3-5-10-17/h6-8,11,15-17,19-20H,3-5,9-10,12-13H2,1-2H3/t15-,16?/m1/s1. The molecule has 1 fully saturated rings. The lowest BCUT2D eigenvalue weighted by atomic mass is 9.98. The van der Waals surface area contributed by atoms with Gasteiger partial charge in [-0.25, -0.2) is 0 Å². The molecule has 118 valence electrons. The summed E-state index contributed by atoms with van der Waals surface area (Å²) in [5.41, 5.74) is 2.57. The van der Waals surface area contributed by atoms with E-state index in [1.165, 1.54) is 30.4 Å². The maximum atomic E-state index is 10.1. The van der Waals surface area contributed by atoms with Gasteiger partial charge in [-0.2, -0.15) is 0 Å². The van der Waals surface area contributed by atoms with E-state index in [0.717, 1.165) is 12.8 Å². The molecule has 0 bridgehead atoms. The van der Waals surface area contributed by atoms with Gasteiger partial charge < -0.3 is 15.2 Å². The summed E-state index contributed by atoms with van der Waals surface area (Å²) < 4.78 is 5.82. The van der Waals surface area contributed by atoms with Crippen LogP contribution in [0.5, 0.6) is 0 Å². The molecule has 2 N–H and O–H groups in total. The number of nitrogens with one attached hydrogen (secondary N) is 1. The van der Waals surface area contributed by atoms with Crippen LogP contribution in [-0.4, -0.2) is 30.5 Å². The van der Waals surface area contributed by atoms with Crippen LogP contribution in [0.2, 0.25) is 0 Å². The number of aliphatic hydroxyl groups excluding tert-OH is 1.